The molecule has 0 bridgehead atoms. The quantitative estimate of drug-likeness (QED) is 0.378. The third-order valence-corrected chi connectivity index (χ3v) is 9.71. The molecule has 30 heavy (non-hydrogen) atoms. The second-order valence-electron chi connectivity index (χ2n) is 8.87. The van der Waals surface area contributed by atoms with Crippen LogP contribution in [0.4, 0.5) is 10.5 Å². The van der Waals surface area contributed by atoms with E-state index in [4.69, 9.17) is 20.4 Å². The van der Waals surface area contributed by atoms with Crippen molar-refractivity contribution < 1.29 is 18.7 Å². The highest BCUT2D eigenvalue weighted by molar-refractivity contribution is 6.74. The smallest absolute Gasteiger partial charge is 0.405 e. The lowest BCUT2D eigenvalue weighted by molar-refractivity contribution is 0.172. The molecular formula is C19H30ClN5O4Si. The maximum Gasteiger partial charge on any atom is 0.405 e. The molecule has 3 N–H and O–H groups in total. The molecule has 0 saturated carbocycles. The summed E-state index contributed by atoms with van der Waals surface area (Å²) in [5.74, 6) is 0.332. The summed E-state index contributed by atoms with van der Waals surface area (Å²) in [6, 6.07) is 1.03. The van der Waals surface area contributed by atoms with Crippen molar-refractivity contribution in [1.82, 2.24) is 20.5 Å². The molecule has 2 rings (SSSR count). The van der Waals surface area contributed by atoms with Crippen molar-refractivity contribution in [3.05, 3.63) is 23.3 Å². The van der Waals surface area contributed by atoms with E-state index in [9.17, 15) is 9.90 Å². The highest BCUT2D eigenvalue weighted by Gasteiger charge is 2.38. The monoisotopic (exact) mass is 455 g/mol. The van der Waals surface area contributed by atoms with Crippen LogP contribution in [-0.4, -0.2) is 47.3 Å². The van der Waals surface area contributed by atoms with Gasteiger partial charge < -0.3 is 24.6 Å². The van der Waals surface area contributed by atoms with Gasteiger partial charge in [0, 0.05) is 12.2 Å². The average molecular weight is 456 g/mol. The van der Waals surface area contributed by atoms with Crippen LogP contribution in [0.25, 0.3) is 11.5 Å². The van der Waals surface area contributed by atoms with Gasteiger partial charge >= 0.3 is 6.09 Å². The third kappa shape index (κ3) is 6.16. The Kier molecular flexibility index (Phi) is 7.48. The van der Waals surface area contributed by atoms with E-state index in [0.717, 1.165) is 0 Å². The van der Waals surface area contributed by atoms with Crippen molar-refractivity contribution >= 4 is 31.7 Å². The fourth-order valence-corrected chi connectivity index (χ4v) is 3.52. The van der Waals surface area contributed by atoms with Crippen molar-refractivity contribution in [3.8, 4) is 11.5 Å². The predicted octanol–water partition coefficient (Wildman–Crippen LogP) is 4.94. The molecule has 2 aromatic rings. The molecule has 166 valence electrons. The highest BCUT2D eigenvalue weighted by Crippen LogP contribution is 2.37. The summed E-state index contributed by atoms with van der Waals surface area (Å²) >= 11 is 6.02. The number of hydrogen-bond donors (Lipinski definition) is 3. The van der Waals surface area contributed by atoms with Crippen LogP contribution >= 0.6 is 11.6 Å². The van der Waals surface area contributed by atoms with Crippen molar-refractivity contribution in [2.24, 2.45) is 0 Å². The van der Waals surface area contributed by atoms with Gasteiger partial charge in [0.25, 0.3) is 5.89 Å². The van der Waals surface area contributed by atoms with Crippen LogP contribution in [-0.2, 0) is 4.43 Å². The third-order valence-electron chi connectivity index (χ3n) is 5.00. The Hall–Kier alpha value is -2.17. The molecular weight excluding hydrogens is 426 g/mol. The number of anilines is 1. The lowest BCUT2D eigenvalue weighted by Gasteiger charge is -2.36. The van der Waals surface area contributed by atoms with Gasteiger partial charge in [-0.1, -0.05) is 32.4 Å². The SMILES string of the molecule is CC(C)Nc1cc(Cl)ncc1-c1nnc(C(CO[Si](C)(C)C(C)(C)C)NC(=O)O)o1. The van der Waals surface area contributed by atoms with Gasteiger partial charge in [-0.25, -0.2) is 9.78 Å². The van der Waals surface area contributed by atoms with Gasteiger partial charge in [-0.3, -0.25) is 0 Å². The topological polar surface area (TPSA) is 122 Å². The molecule has 0 fully saturated rings. The van der Waals surface area contributed by atoms with Gasteiger partial charge in [0.2, 0.25) is 5.89 Å². The Morgan fingerprint density at radius 3 is 2.57 bits per heavy atom. The van der Waals surface area contributed by atoms with Gasteiger partial charge in [-0.15, -0.1) is 10.2 Å². The average Bonchev–Trinajstić information content (AvgIpc) is 3.06. The zero-order valence-corrected chi connectivity index (χ0v) is 20.2. The first kappa shape index (κ1) is 24.1. The first-order valence-corrected chi connectivity index (χ1v) is 13.0. The number of nitrogens with zero attached hydrogens (tertiary/aromatic N) is 3. The van der Waals surface area contributed by atoms with E-state index in [1.807, 2.05) is 13.8 Å². The van der Waals surface area contributed by atoms with Gasteiger partial charge in [0.15, 0.2) is 8.32 Å². The second kappa shape index (κ2) is 9.32. The number of aromatic nitrogens is 3. The summed E-state index contributed by atoms with van der Waals surface area (Å²) in [5, 5.41) is 23.4. The molecule has 0 spiro atoms. The van der Waals surface area contributed by atoms with E-state index in [1.54, 1.807) is 6.07 Å². The van der Waals surface area contributed by atoms with Crippen LogP contribution in [0.1, 0.15) is 46.6 Å². The van der Waals surface area contributed by atoms with Crippen LogP contribution in [0.5, 0.6) is 0 Å². The lowest BCUT2D eigenvalue weighted by Crippen LogP contribution is -2.43. The Morgan fingerprint density at radius 2 is 2.00 bits per heavy atom. The minimum absolute atomic E-state index is 0.0207. The minimum atomic E-state index is -2.10. The van der Waals surface area contributed by atoms with Crippen molar-refractivity contribution in [2.45, 2.75) is 64.8 Å². The van der Waals surface area contributed by atoms with Crippen LogP contribution in [0.15, 0.2) is 16.7 Å². The summed E-state index contributed by atoms with van der Waals surface area (Å²) < 4.78 is 12.0. The molecule has 9 nitrogen and oxygen atoms in total. The summed E-state index contributed by atoms with van der Waals surface area (Å²) in [6.07, 6.45) is 0.338. The number of nitrogens with one attached hydrogen (secondary N) is 2. The van der Waals surface area contributed by atoms with Gasteiger partial charge in [-0.2, -0.15) is 0 Å². The lowest BCUT2D eigenvalue weighted by atomic mass is 10.2. The van der Waals surface area contributed by atoms with E-state index in [2.05, 4.69) is 59.7 Å². The molecule has 2 heterocycles. The molecule has 0 saturated heterocycles. The number of carboxylic acid groups (broad SMARTS) is 1. The number of hydrogen-bond acceptors (Lipinski definition) is 7. The highest BCUT2D eigenvalue weighted by atomic mass is 35.5. The zero-order chi connectivity index (χ0) is 22.7. The first-order valence-electron chi connectivity index (χ1n) is 9.69. The maximum absolute atomic E-state index is 11.3. The van der Waals surface area contributed by atoms with Crippen molar-refractivity contribution in [3.63, 3.8) is 0 Å². The minimum Gasteiger partial charge on any atom is -0.465 e. The normalized spacial score (nSPS) is 13.4. The molecule has 11 heteroatoms. The van der Waals surface area contributed by atoms with E-state index >= 15 is 0 Å². The predicted molar refractivity (Wildman–Crippen MR) is 118 cm³/mol. The summed E-state index contributed by atoms with van der Waals surface area (Å²) in [7, 11) is -2.10. The molecule has 1 atom stereocenters. The number of carbonyl (C=O) groups is 1. The number of amides is 1. The first-order chi connectivity index (χ1) is 13.8. The summed E-state index contributed by atoms with van der Waals surface area (Å²) in [5.41, 5.74) is 1.27. The molecule has 1 unspecified atom stereocenters. The number of rotatable bonds is 8. The molecule has 2 aromatic heterocycles. The Morgan fingerprint density at radius 1 is 1.33 bits per heavy atom. The van der Waals surface area contributed by atoms with Crippen molar-refractivity contribution in [1.29, 1.82) is 0 Å². The summed E-state index contributed by atoms with van der Waals surface area (Å²) in [4.78, 5) is 15.4. The standard InChI is InChI=1S/C19H30ClN5O4Si/c1-11(2)22-13-8-15(20)21-9-12(13)16-24-25-17(29-16)14(23-18(26)27)10-28-30(6,7)19(3,4)5/h8-9,11,14,23H,10H2,1-7H3,(H,21,22)(H,26,27). The van der Waals surface area contributed by atoms with Crippen LogP contribution in [0, 0.1) is 0 Å². The fraction of sp³-hybridized carbons (Fsp3) is 0.579. The van der Waals surface area contributed by atoms with Gasteiger partial charge in [-0.05, 0) is 38.0 Å². The van der Waals surface area contributed by atoms with Crippen LogP contribution in [0.3, 0.4) is 0 Å². The second-order valence-corrected chi connectivity index (χ2v) is 14.1. The molecule has 1 amide bonds. The number of halogens is 1. The Bertz CT molecular complexity index is 882. The largest absolute Gasteiger partial charge is 0.465 e. The molecule has 0 aliphatic carbocycles. The van der Waals surface area contributed by atoms with Crippen LogP contribution < -0.4 is 10.6 Å². The molecule has 0 aromatic carbocycles. The molecule has 0 aliphatic heterocycles. The number of pyridine rings is 1. The van der Waals surface area contributed by atoms with E-state index in [0.29, 0.717) is 16.4 Å². The van der Waals surface area contributed by atoms with Crippen molar-refractivity contribution in [2.75, 3.05) is 11.9 Å². The zero-order valence-electron chi connectivity index (χ0n) is 18.4. The molecule has 0 aliphatic rings. The fourth-order valence-electron chi connectivity index (χ4n) is 2.35. The Labute approximate surface area is 182 Å². The van der Waals surface area contributed by atoms with E-state index in [-0.39, 0.29) is 29.5 Å². The van der Waals surface area contributed by atoms with Gasteiger partial charge in [0.1, 0.15) is 11.2 Å². The Balaban J connectivity index is 2.31. The van der Waals surface area contributed by atoms with E-state index in [1.165, 1.54) is 6.20 Å². The van der Waals surface area contributed by atoms with Crippen LogP contribution in [0.2, 0.25) is 23.3 Å². The van der Waals surface area contributed by atoms with E-state index < -0.39 is 20.5 Å². The summed E-state index contributed by atoms with van der Waals surface area (Å²) in [6.45, 7) is 14.6. The maximum atomic E-state index is 11.3. The van der Waals surface area contributed by atoms with Gasteiger partial charge in [0.05, 0.1) is 17.9 Å². The molecule has 0 radical (unpaired) electrons.